The van der Waals surface area contributed by atoms with Gasteiger partial charge < -0.3 is 18.6 Å². The van der Waals surface area contributed by atoms with Crippen molar-refractivity contribution in [3.63, 3.8) is 0 Å². The number of fused-ring (bicyclic) bond motifs is 2. The summed E-state index contributed by atoms with van der Waals surface area (Å²) in [5.41, 5.74) is 0.571. The van der Waals surface area contributed by atoms with Gasteiger partial charge in [0.2, 0.25) is 5.75 Å². The Morgan fingerprint density at radius 3 is 2.30 bits per heavy atom. The van der Waals surface area contributed by atoms with Crippen LogP contribution >= 0.6 is 23.2 Å². The van der Waals surface area contributed by atoms with Crippen molar-refractivity contribution in [3.05, 3.63) is 51.7 Å². The number of ether oxygens (including phenoxy) is 3. The number of carbonyl (C=O) groups excluding carboxylic acids is 2. The lowest BCUT2D eigenvalue weighted by Gasteiger charge is -2.26. The Labute approximate surface area is 163 Å². The zero-order valence-corrected chi connectivity index (χ0v) is 15.7. The first-order valence-corrected chi connectivity index (χ1v) is 8.60. The van der Waals surface area contributed by atoms with Gasteiger partial charge in [0.1, 0.15) is 17.2 Å². The second kappa shape index (κ2) is 6.48. The van der Waals surface area contributed by atoms with Gasteiger partial charge in [-0.2, -0.15) is 0 Å². The van der Waals surface area contributed by atoms with Gasteiger partial charge in [-0.3, -0.25) is 9.59 Å². The number of hydrogen-bond acceptors (Lipinski definition) is 6. The van der Waals surface area contributed by atoms with Crippen molar-refractivity contribution in [3.8, 4) is 17.2 Å². The average Bonchev–Trinajstić information content (AvgIpc) is 3.11. The molecule has 0 amide bonds. The van der Waals surface area contributed by atoms with Gasteiger partial charge in [-0.05, 0) is 18.2 Å². The van der Waals surface area contributed by atoms with E-state index in [-0.39, 0.29) is 38.4 Å². The van der Waals surface area contributed by atoms with Crippen LogP contribution in [0.2, 0.25) is 10.0 Å². The molecule has 2 heterocycles. The minimum absolute atomic E-state index is 0.0498. The topological polar surface area (TPSA) is 75.0 Å². The number of carbonyl (C=O) groups is 2. The third-order valence-corrected chi connectivity index (χ3v) is 5.08. The Morgan fingerprint density at radius 2 is 1.67 bits per heavy atom. The summed E-state index contributed by atoms with van der Waals surface area (Å²) in [7, 11) is 2.80. The van der Waals surface area contributed by atoms with E-state index < -0.39 is 17.7 Å². The van der Waals surface area contributed by atoms with Crippen molar-refractivity contribution < 1.29 is 28.2 Å². The molecule has 0 radical (unpaired) electrons. The maximum atomic E-state index is 13.4. The van der Waals surface area contributed by atoms with Crippen LogP contribution in [0, 0.1) is 0 Å². The highest BCUT2D eigenvalue weighted by atomic mass is 35.5. The van der Waals surface area contributed by atoms with Gasteiger partial charge in [-0.15, -0.1) is 0 Å². The highest BCUT2D eigenvalue weighted by Crippen LogP contribution is 2.51. The summed E-state index contributed by atoms with van der Waals surface area (Å²) in [5, 5.41) is 0.900. The summed E-state index contributed by atoms with van der Waals surface area (Å²) in [5.74, 6) is -2.37. The van der Waals surface area contributed by atoms with Crippen LogP contribution in [0.25, 0.3) is 11.0 Å². The first kappa shape index (κ1) is 17.7. The summed E-state index contributed by atoms with van der Waals surface area (Å²) in [6, 6.07) is 6.36. The predicted molar refractivity (Wildman–Crippen MR) is 98.5 cm³/mol. The molecule has 1 unspecified atom stereocenters. The first-order valence-electron chi connectivity index (χ1n) is 7.84. The Kier molecular flexibility index (Phi) is 4.25. The molecule has 0 saturated heterocycles. The molecule has 1 atom stereocenters. The molecular formula is C19H12Cl2O6. The van der Waals surface area contributed by atoms with E-state index in [4.69, 9.17) is 41.8 Å². The highest BCUT2D eigenvalue weighted by Gasteiger charge is 2.44. The van der Waals surface area contributed by atoms with Crippen LogP contribution in [0.3, 0.4) is 0 Å². The van der Waals surface area contributed by atoms with Crippen molar-refractivity contribution in [1.82, 2.24) is 0 Å². The normalized spacial score (nSPS) is 16.2. The quantitative estimate of drug-likeness (QED) is 0.358. The second-order valence-corrected chi connectivity index (χ2v) is 6.60. The van der Waals surface area contributed by atoms with E-state index in [0.717, 1.165) is 0 Å². The molecule has 0 aliphatic carbocycles. The SMILES string of the molecule is COc1c2c(c(OC)c3occc13)OC(=O)C(c1c(Cl)cccc1Cl)C2=O. The van der Waals surface area contributed by atoms with Crippen molar-refractivity contribution in [2.75, 3.05) is 14.2 Å². The third-order valence-electron chi connectivity index (χ3n) is 4.42. The fourth-order valence-electron chi connectivity index (χ4n) is 3.28. The number of methoxy groups -OCH3 is 2. The number of furan rings is 1. The Balaban J connectivity index is 2.03. The largest absolute Gasteiger partial charge is 0.495 e. The smallest absolute Gasteiger partial charge is 0.327 e. The van der Waals surface area contributed by atoms with Crippen molar-refractivity contribution >= 4 is 45.9 Å². The molecule has 1 aliphatic heterocycles. The molecule has 3 aromatic rings. The zero-order chi connectivity index (χ0) is 19.3. The number of hydrogen-bond donors (Lipinski definition) is 0. The molecule has 1 aliphatic rings. The Bertz CT molecular complexity index is 1080. The van der Waals surface area contributed by atoms with Crippen molar-refractivity contribution in [2.24, 2.45) is 0 Å². The summed E-state index contributed by atoms with van der Waals surface area (Å²) in [4.78, 5) is 26.1. The molecule has 4 rings (SSSR count). The lowest BCUT2D eigenvalue weighted by Crippen LogP contribution is -2.32. The number of Topliss-reactive ketones (excluding diaryl/α,β-unsaturated/α-hetero) is 1. The van der Waals surface area contributed by atoms with Crippen molar-refractivity contribution in [1.29, 1.82) is 0 Å². The van der Waals surface area contributed by atoms with E-state index in [1.54, 1.807) is 24.3 Å². The van der Waals surface area contributed by atoms with Gasteiger partial charge >= 0.3 is 5.97 Å². The Morgan fingerprint density at radius 1 is 1.00 bits per heavy atom. The number of halogens is 2. The minimum Gasteiger partial charge on any atom is -0.495 e. The molecule has 138 valence electrons. The molecule has 0 fully saturated rings. The van der Waals surface area contributed by atoms with E-state index in [1.807, 2.05) is 0 Å². The van der Waals surface area contributed by atoms with Crippen LogP contribution in [0.15, 0.2) is 34.9 Å². The van der Waals surface area contributed by atoms with Crippen LogP contribution in [0.4, 0.5) is 0 Å². The lowest BCUT2D eigenvalue weighted by molar-refractivity contribution is -0.135. The molecule has 2 aromatic carbocycles. The van der Waals surface area contributed by atoms with Crippen LogP contribution in [0.1, 0.15) is 21.8 Å². The fraction of sp³-hybridized carbons (Fsp3) is 0.158. The molecule has 27 heavy (non-hydrogen) atoms. The molecule has 0 N–H and O–H groups in total. The van der Waals surface area contributed by atoms with E-state index in [1.165, 1.54) is 20.5 Å². The number of esters is 1. The third kappa shape index (κ3) is 2.48. The van der Waals surface area contributed by atoms with Crippen LogP contribution in [0.5, 0.6) is 17.2 Å². The molecular weight excluding hydrogens is 395 g/mol. The second-order valence-electron chi connectivity index (χ2n) is 5.79. The van der Waals surface area contributed by atoms with Gasteiger partial charge in [-0.25, -0.2) is 0 Å². The summed E-state index contributed by atoms with van der Waals surface area (Å²) in [6.07, 6.45) is 1.43. The fourth-order valence-corrected chi connectivity index (χ4v) is 3.90. The lowest BCUT2D eigenvalue weighted by atomic mass is 9.87. The maximum Gasteiger partial charge on any atom is 0.327 e. The van der Waals surface area contributed by atoms with Gasteiger partial charge in [-0.1, -0.05) is 29.3 Å². The standard InChI is InChI=1S/C19H12Cl2O6/c1-24-15-8-6-7-26-16(8)18(25-2)17-13(15)14(22)12(19(23)27-17)11-9(20)4-3-5-10(11)21/h3-7,12H,1-2H3. The first-order chi connectivity index (χ1) is 13.0. The monoisotopic (exact) mass is 406 g/mol. The highest BCUT2D eigenvalue weighted by molar-refractivity contribution is 6.38. The number of ketones is 1. The summed E-state index contributed by atoms with van der Waals surface area (Å²) < 4.78 is 21.7. The van der Waals surface area contributed by atoms with Gasteiger partial charge in [0.15, 0.2) is 17.1 Å². The number of rotatable bonds is 3. The van der Waals surface area contributed by atoms with E-state index in [9.17, 15) is 9.59 Å². The molecule has 0 saturated carbocycles. The van der Waals surface area contributed by atoms with E-state index in [2.05, 4.69) is 0 Å². The van der Waals surface area contributed by atoms with Crippen LogP contribution in [-0.2, 0) is 4.79 Å². The average molecular weight is 407 g/mol. The maximum absolute atomic E-state index is 13.4. The summed E-state index contributed by atoms with van der Waals surface area (Å²) in [6.45, 7) is 0. The van der Waals surface area contributed by atoms with Crippen molar-refractivity contribution in [2.45, 2.75) is 5.92 Å². The zero-order valence-electron chi connectivity index (χ0n) is 14.2. The van der Waals surface area contributed by atoms with Crippen LogP contribution in [-0.4, -0.2) is 26.0 Å². The molecule has 8 heteroatoms. The number of benzene rings is 2. The Hall–Kier alpha value is -2.70. The molecule has 0 bridgehead atoms. The summed E-state index contributed by atoms with van der Waals surface area (Å²) >= 11 is 12.4. The van der Waals surface area contributed by atoms with Gasteiger partial charge in [0.05, 0.1) is 25.9 Å². The van der Waals surface area contributed by atoms with Gasteiger partial charge in [0, 0.05) is 15.6 Å². The van der Waals surface area contributed by atoms with E-state index in [0.29, 0.717) is 11.0 Å². The molecule has 6 nitrogen and oxygen atoms in total. The van der Waals surface area contributed by atoms with Crippen LogP contribution < -0.4 is 14.2 Å². The molecule has 0 spiro atoms. The van der Waals surface area contributed by atoms with Gasteiger partial charge in [0.25, 0.3) is 0 Å². The van der Waals surface area contributed by atoms with E-state index >= 15 is 0 Å². The minimum atomic E-state index is -1.32. The molecule has 1 aromatic heterocycles. The predicted octanol–water partition coefficient (Wildman–Crippen LogP) is 4.64.